The summed E-state index contributed by atoms with van der Waals surface area (Å²) in [7, 11) is 0. The van der Waals surface area contributed by atoms with Gasteiger partial charge >= 0.3 is 0 Å². The predicted octanol–water partition coefficient (Wildman–Crippen LogP) is 0.612. The Labute approximate surface area is 148 Å². The van der Waals surface area contributed by atoms with Gasteiger partial charge in [-0.3, -0.25) is 4.79 Å². The van der Waals surface area contributed by atoms with E-state index in [0.717, 1.165) is 57.9 Å². The molecule has 6 nitrogen and oxygen atoms in total. The van der Waals surface area contributed by atoms with Crippen LogP contribution in [0.15, 0.2) is 24.3 Å². The summed E-state index contributed by atoms with van der Waals surface area (Å²) in [6.07, 6.45) is 1.19. The van der Waals surface area contributed by atoms with Crippen LogP contribution in [-0.2, 0) is 4.74 Å². The van der Waals surface area contributed by atoms with E-state index in [1.165, 1.54) is 0 Å². The molecular formula is C19H27N3O3. The average Bonchev–Trinajstić information content (AvgIpc) is 3.10. The van der Waals surface area contributed by atoms with Crippen molar-refractivity contribution in [1.29, 1.82) is 0 Å². The maximum Gasteiger partial charge on any atom is 0.251 e. The number of nitrogens with zero attached hydrogens (tertiary/aromatic N) is 1. The van der Waals surface area contributed by atoms with Crippen molar-refractivity contribution in [2.24, 2.45) is 11.8 Å². The molecule has 2 heterocycles. The second-order valence-corrected chi connectivity index (χ2v) is 7.44. The number of amides is 1. The number of benzene rings is 1. The van der Waals surface area contributed by atoms with E-state index in [2.05, 4.69) is 15.5 Å². The Bertz CT molecular complexity index is 600. The summed E-state index contributed by atoms with van der Waals surface area (Å²) in [6, 6.07) is 7.58. The predicted molar refractivity (Wildman–Crippen MR) is 95.8 cm³/mol. The number of anilines is 1. The first-order valence-electron chi connectivity index (χ1n) is 9.33. The number of hydrogen-bond donors (Lipinski definition) is 3. The maximum absolute atomic E-state index is 12.6. The van der Waals surface area contributed by atoms with E-state index < -0.39 is 6.10 Å². The fraction of sp³-hybridized carbons (Fsp3) is 0.632. The van der Waals surface area contributed by atoms with Crippen LogP contribution in [0.4, 0.5) is 5.69 Å². The van der Waals surface area contributed by atoms with E-state index in [4.69, 9.17) is 4.74 Å². The van der Waals surface area contributed by atoms with Crippen molar-refractivity contribution in [2.45, 2.75) is 25.0 Å². The zero-order valence-corrected chi connectivity index (χ0v) is 14.5. The normalized spacial score (nSPS) is 32.3. The van der Waals surface area contributed by atoms with E-state index >= 15 is 0 Å². The second-order valence-electron chi connectivity index (χ2n) is 7.44. The first-order valence-corrected chi connectivity index (χ1v) is 9.33. The van der Waals surface area contributed by atoms with Crippen molar-refractivity contribution in [1.82, 2.24) is 10.6 Å². The van der Waals surface area contributed by atoms with Crippen LogP contribution in [0, 0.1) is 11.8 Å². The Morgan fingerprint density at radius 1 is 1.12 bits per heavy atom. The summed E-state index contributed by atoms with van der Waals surface area (Å²) >= 11 is 0. The van der Waals surface area contributed by atoms with Gasteiger partial charge in [0.15, 0.2) is 0 Å². The molecule has 2 aliphatic heterocycles. The van der Waals surface area contributed by atoms with E-state index in [9.17, 15) is 9.90 Å². The topological polar surface area (TPSA) is 73.8 Å². The molecule has 3 aliphatic rings. The number of nitrogens with one attached hydrogen (secondary N) is 2. The molecule has 1 aromatic carbocycles. The minimum atomic E-state index is -0.447. The number of carbonyl (C=O) groups excluding carboxylic acids is 1. The van der Waals surface area contributed by atoms with Gasteiger partial charge < -0.3 is 25.4 Å². The Hall–Kier alpha value is -1.63. The van der Waals surface area contributed by atoms with Crippen LogP contribution in [-0.4, -0.2) is 62.6 Å². The summed E-state index contributed by atoms with van der Waals surface area (Å²) in [6.45, 7) is 5.26. The molecule has 1 saturated carbocycles. The van der Waals surface area contributed by atoms with Gasteiger partial charge in [0.2, 0.25) is 0 Å². The third kappa shape index (κ3) is 3.66. The number of carbonyl (C=O) groups is 1. The molecule has 4 atom stereocenters. The van der Waals surface area contributed by atoms with Crippen molar-refractivity contribution < 1.29 is 14.6 Å². The van der Waals surface area contributed by atoms with Crippen LogP contribution in [0.5, 0.6) is 0 Å². The van der Waals surface area contributed by atoms with Gasteiger partial charge in [-0.25, -0.2) is 0 Å². The lowest BCUT2D eigenvalue weighted by Crippen LogP contribution is -2.49. The summed E-state index contributed by atoms with van der Waals surface area (Å²) in [5.41, 5.74) is 1.77. The number of fused-ring (bicyclic) bond motifs is 1. The Kier molecular flexibility index (Phi) is 4.92. The van der Waals surface area contributed by atoms with Crippen LogP contribution in [0.1, 0.15) is 23.2 Å². The van der Waals surface area contributed by atoms with Gasteiger partial charge in [0, 0.05) is 24.3 Å². The Morgan fingerprint density at radius 2 is 1.80 bits per heavy atom. The van der Waals surface area contributed by atoms with Gasteiger partial charge in [-0.05, 0) is 62.0 Å². The van der Waals surface area contributed by atoms with Crippen LogP contribution in [0.2, 0.25) is 0 Å². The molecule has 1 aromatic rings. The lowest BCUT2D eigenvalue weighted by atomic mass is 9.77. The smallest absolute Gasteiger partial charge is 0.251 e. The molecule has 0 unspecified atom stereocenters. The fourth-order valence-corrected chi connectivity index (χ4v) is 4.35. The van der Waals surface area contributed by atoms with Crippen molar-refractivity contribution >= 4 is 11.6 Å². The number of hydrogen-bond acceptors (Lipinski definition) is 5. The van der Waals surface area contributed by atoms with Crippen LogP contribution < -0.4 is 15.5 Å². The summed E-state index contributed by atoms with van der Waals surface area (Å²) in [4.78, 5) is 14.8. The molecule has 0 aromatic heterocycles. The van der Waals surface area contributed by atoms with Crippen LogP contribution in [0.3, 0.4) is 0 Å². The molecule has 0 radical (unpaired) electrons. The molecule has 136 valence electrons. The molecule has 2 saturated heterocycles. The lowest BCUT2D eigenvalue weighted by molar-refractivity contribution is 0.0462. The summed E-state index contributed by atoms with van der Waals surface area (Å²) in [5.74, 6) is 1.02. The van der Waals surface area contributed by atoms with Gasteiger partial charge in [-0.1, -0.05) is 0 Å². The third-order valence-electron chi connectivity index (χ3n) is 5.87. The first-order chi connectivity index (χ1) is 12.2. The second kappa shape index (κ2) is 7.32. The monoisotopic (exact) mass is 345 g/mol. The maximum atomic E-state index is 12.6. The van der Waals surface area contributed by atoms with E-state index in [0.29, 0.717) is 17.4 Å². The number of rotatable bonds is 3. The van der Waals surface area contributed by atoms with Gasteiger partial charge in [-0.15, -0.1) is 0 Å². The van der Waals surface area contributed by atoms with E-state index in [-0.39, 0.29) is 11.9 Å². The van der Waals surface area contributed by atoms with Crippen LogP contribution in [0.25, 0.3) is 0 Å². The van der Waals surface area contributed by atoms with Crippen LogP contribution >= 0.6 is 0 Å². The molecule has 4 rings (SSSR count). The SMILES string of the molecule is O=C(N[C@H]1C[C@H]2CNC[C@H]2C[C@@H]1O)c1ccc(N2CCOCC2)cc1. The highest BCUT2D eigenvalue weighted by Gasteiger charge is 2.39. The Balaban J connectivity index is 1.37. The number of ether oxygens (including phenoxy) is 1. The lowest BCUT2D eigenvalue weighted by Gasteiger charge is -2.35. The zero-order chi connectivity index (χ0) is 17.2. The highest BCUT2D eigenvalue weighted by Crippen LogP contribution is 2.33. The van der Waals surface area contributed by atoms with Gasteiger partial charge in [0.1, 0.15) is 0 Å². The molecule has 0 bridgehead atoms. The van der Waals surface area contributed by atoms with E-state index in [1.54, 1.807) is 0 Å². The Morgan fingerprint density at radius 3 is 2.52 bits per heavy atom. The molecule has 3 N–H and O–H groups in total. The molecule has 1 amide bonds. The largest absolute Gasteiger partial charge is 0.391 e. The quantitative estimate of drug-likeness (QED) is 0.749. The average molecular weight is 345 g/mol. The third-order valence-corrected chi connectivity index (χ3v) is 5.87. The van der Waals surface area contributed by atoms with Crippen molar-refractivity contribution in [3.8, 4) is 0 Å². The number of aliphatic hydroxyl groups excluding tert-OH is 1. The van der Waals surface area contributed by atoms with Crippen molar-refractivity contribution in [3.63, 3.8) is 0 Å². The molecule has 25 heavy (non-hydrogen) atoms. The minimum Gasteiger partial charge on any atom is -0.391 e. The van der Waals surface area contributed by atoms with Crippen molar-refractivity contribution in [3.05, 3.63) is 29.8 Å². The highest BCUT2D eigenvalue weighted by atomic mass is 16.5. The van der Waals surface area contributed by atoms with Gasteiger partial charge in [-0.2, -0.15) is 0 Å². The van der Waals surface area contributed by atoms with Gasteiger partial charge in [0.25, 0.3) is 5.91 Å². The molecule has 1 aliphatic carbocycles. The molecular weight excluding hydrogens is 318 g/mol. The minimum absolute atomic E-state index is 0.0954. The number of aliphatic hydroxyl groups is 1. The molecule has 0 spiro atoms. The standard InChI is InChI=1S/C19H27N3O3/c23-18-10-15-12-20-11-14(15)9-17(18)21-19(24)13-1-3-16(4-2-13)22-5-7-25-8-6-22/h1-4,14-15,17-18,20,23H,5-12H2,(H,21,24)/t14-,15+,17-,18-/m0/s1. The summed E-state index contributed by atoms with van der Waals surface area (Å²) in [5, 5.41) is 16.8. The molecule has 6 heteroatoms. The highest BCUT2D eigenvalue weighted by molar-refractivity contribution is 5.94. The van der Waals surface area contributed by atoms with Crippen molar-refractivity contribution in [2.75, 3.05) is 44.3 Å². The van der Waals surface area contributed by atoms with E-state index in [1.807, 2.05) is 24.3 Å². The number of morpholine rings is 1. The first kappa shape index (κ1) is 16.8. The molecule has 3 fully saturated rings. The summed E-state index contributed by atoms with van der Waals surface area (Å²) < 4.78 is 5.37. The zero-order valence-electron chi connectivity index (χ0n) is 14.5. The van der Waals surface area contributed by atoms with Gasteiger partial charge in [0.05, 0.1) is 25.4 Å². The fourth-order valence-electron chi connectivity index (χ4n) is 4.35.